The number of nitrogens with one attached hydrogen (secondary N) is 1. The van der Waals surface area contributed by atoms with E-state index in [4.69, 9.17) is 4.74 Å². The summed E-state index contributed by atoms with van der Waals surface area (Å²) in [6.07, 6.45) is 0.281. The van der Waals surface area contributed by atoms with Gasteiger partial charge < -0.3 is 15.0 Å². The highest BCUT2D eigenvalue weighted by Gasteiger charge is 2.19. The van der Waals surface area contributed by atoms with E-state index in [-0.39, 0.29) is 18.2 Å². The SMILES string of the molecule is O=C(Cc1cccc2ccccc12)Nc1cccc(C(=O)N2CCOCC2)c1. The predicted octanol–water partition coefficient (Wildman–Crippen LogP) is 3.49. The number of fused-ring (bicyclic) bond motifs is 1. The van der Waals surface area contributed by atoms with Crippen LogP contribution in [-0.2, 0) is 16.0 Å². The molecule has 0 aliphatic carbocycles. The second-order valence-electron chi connectivity index (χ2n) is 6.85. The quantitative estimate of drug-likeness (QED) is 0.760. The van der Waals surface area contributed by atoms with Crippen molar-refractivity contribution in [1.29, 1.82) is 0 Å². The number of morpholine rings is 1. The molecule has 5 heteroatoms. The van der Waals surface area contributed by atoms with E-state index in [0.717, 1.165) is 16.3 Å². The average Bonchev–Trinajstić information content (AvgIpc) is 2.74. The molecule has 3 aromatic rings. The first-order chi connectivity index (χ1) is 13.7. The maximum absolute atomic E-state index is 12.6. The maximum Gasteiger partial charge on any atom is 0.254 e. The fourth-order valence-corrected chi connectivity index (χ4v) is 3.50. The van der Waals surface area contributed by atoms with Crippen molar-refractivity contribution in [3.8, 4) is 0 Å². The Balaban J connectivity index is 1.46. The summed E-state index contributed by atoms with van der Waals surface area (Å²) in [5.41, 5.74) is 2.19. The van der Waals surface area contributed by atoms with Crippen molar-refractivity contribution in [1.82, 2.24) is 4.90 Å². The molecule has 2 amide bonds. The number of ether oxygens (including phenoxy) is 1. The van der Waals surface area contributed by atoms with Crippen molar-refractivity contribution in [3.63, 3.8) is 0 Å². The maximum atomic E-state index is 12.6. The molecule has 142 valence electrons. The average molecular weight is 374 g/mol. The van der Waals surface area contributed by atoms with Crippen molar-refractivity contribution in [2.24, 2.45) is 0 Å². The second kappa shape index (κ2) is 8.23. The number of rotatable bonds is 4. The van der Waals surface area contributed by atoms with Crippen LogP contribution < -0.4 is 5.32 Å². The molecule has 1 N–H and O–H groups in total. The van der Waals surface area contributed by atoms with Crippen LogP contribution in [0, 0.1) is 0 Å². The molecule has 4 rings (SSSR count). The summed E-state index contributed by atoms with van der Waals surface area (Å²) >= 11 is 0. The molecule has 0 bridgehead atoms. The van der Waals surface area contributed by atoms with E-state index < -0.39 is 0 Å². The van der Waals surface area contributed by atoms with Crippen molar-refractivity contribution in [3.05, 3.63) is 77.9 Å². The summed E-state index contributed by atoms with van der Waals surface area (Å²) in [4.78, 5) is 27.0. The van der Waals surface area contributed by atoms with Gasteiger partial charge in [0.05, 0.1) is 19.6 Å². The van der Waals surface area contributed by atoms with Crippen LogP contribution in [0.1, 0.15) is 15.9 Å². The zero-order chi connectivity index (χ0) is 19.3. The van der Waals surface area contributed by atoms with Gasteiger partial charge in [-0.3, -0.25) is 9.59 Å². The van der Waals surface area contributed by atoms with Crippen LogP contribution in [0.25, 0.3) is 10.8 Å². The summed E-state index contributed by atoms with van der Waals surface area (Å²) in [6, 6.07) is 21.1. The Labute approximate surface area is 163 Å². The molecular formula is C23H22N2O3. The van der Waals surface area contributed by atoms with E-state index in [2.05, 4.69) is 5.32 Å². The molecule has 1 aliphatic heterocycles. The van der Waals surface area contributed by atoms with Gasteiger partial charge in [0.15, 0.2) is 0 Å². The Kier molecular flexibility index (Phi) is 5.35. The topological polar surface area (TPSA) is 58.6 Å². The van der Waals surface area contributed by atoms with Crippen molar-refractivity contribution < 1.29 is 14.3 Å². The van der Waals surface area contributed by atoms with Crippen molar-refractivity contribution >= 4 is 28.3 Å². The van der Waals surface area contributed by atoms with Gasteiger partial charge in [-0.05, 0) is 34.5 Å². The van der Waals surface area contributed by atoms with Gasteiger partial charge in [-0.15, -0.1) is 0 Å². The van der Waals surface area contributed by atoms with E-state index in [9.17, 15) is 9.59 Å². The van der Waals surface area contributed by atoms with Gasteiger partial charge in [-0.1, -0.05) is 48.5 Å². The molecule has 1 aliphatic rings. The van der Waals surface area contributed by atoms with Gasteiger partial charge in [-0.25, -0.2) is 0 Å². The Morgan fingerprint density at radius 2 is 1.68 bits per heavy atom. The van der Waals surface area contributed by atoms with E-state index in [0.29, 0.717) is 37.6 Å². The minimum absolute atomic E-state index is 0.0338. The number of carbonyl (C=O) groups excluding carboxylic acids is 2. The minimum atomic E-state index is -0.104. The standard InChI is InChI=1S/C23H22N2O3/c26-22(16-18-7-3-6-17-5-1-2-10-21(17)18)24-20-9-4-8-19(15-20)23(27)25-11-13-28-14-12-25/h1-10,15H,11-14,16H2,(H,24,26). The fraction of sp³-hybridized carbons (Fsp3) is 0.217. The third-order valence-corrected chi connectivity index (χ3v) is 4.92. The summed E-state index contributed by atoms with van der Waals surface area (Å²) in [5.74, 6) is -0.138. The molecule has 3 aromatic carbocycles. The van der Waals surface area contributed by atoms with Gasteiger partial charge in [0, 0.05) is 24.3 Å². The highest BCUT2D eigenvalue weighted by molar-refractivity contribution is 5.99. The van der Waals surface area contributed by atoms with Gasteiger partial charge in [0.1, 0.15) is 0 Å². The lowest BCUT2D eigenvalue weighted by atomic mass is 10.0. The molecule has 0 atom stereocenters. The minimum Gasteiger partial charge on any atom is -0.378 e. The molecule has 0 aromatic heterocycles. The van der Waals surface area contributed by atoms with Crippen LogP contribution in [0.4, 0.5) is 5.69 Å². The molecular weight excluding hydrogens is 352 g/mol. The highest BCUT2D eigenvalue weighted by atomic mass is 16.5. The lowest BCUT2D eigenvalue weighted by Gasteiger charge is -2.27. The lowest BCUT2D eigenvalue weighted by Crippen LogP contribution is -2.40. The first-order valence-corrected chi connectivity index (χ1v) is 9.44. The zero-order valence-electron chi connectivity index (χ0n) is 15.6. The van der Waals surface area contributed by atoms with E-state index in [1.165, 1.54) is 0 Å². The summed E-state index contributed by atoms with van der Waals surface area (Å²) < 4.78 is 5.30. The van der Waals surface area contributed by atoms with Gasteiger partial charge in [0.2, 0.25) is 5.91 Å². The smallest absolute Gasteiger partial charge is 0.254 e. The van der Waals surface area contributed by atoms with E-state index >= 15 is 0 Å². The number of hydrogen-bond acceptors (Lipinski definition) is 3. The Morgan fingerprint density at radius 1 is 0.929 bits per heavy atom. The number of carbonyl (C=O) groups is 2. The van der Waals surface area contributed by atoms with Gasteiger partial charge in [0.25, 0.3) is 5.91 Å². The first kappa shape index (κ1) is 18.2. The predicted molar refractivity (Wildman–Crippen MR) is 109 cm³/mol. The number of amides is 2. The molecule has 0 radical (unpaired) electrons. The third-order valence-electron chi connectivity index (χ3n) is 4.92. The van der Waals surface area contributed by atoms with Crippen LogP contribution in [0.3, 0.4) is 0 Å². The van der Waals surface area contributed by atoms with E-state index in [1.54, 1.807) is 29.2 Å². The summed E-state index contributed by atoms with van der Waals surface area (Å²) in [6.45, 7) is 2.31. The Bertz CT molecular complexity index is 1000. The molecule has 0 spiro atoms. The molecule has 1 heterocycles. The van der Waals surface area contributed by atoms with Crippen molar-refractivity contribution in [2.75, 3.05) is 31.6 Å². The zero-order valence-corrected chi connectivity index (χ0v) is 15.6. The highest BCUT2D eigenvalue weighted by Crippen LogP contribution is 2.20. The van der Waals surface area contributed by atoms with Gasteiger partial charge >= 0.3 is 0 Å². The van der Waals surface area contributed by atoms with Crippen LogP contribution >= 0.6 is 0 Å². The lowest BCUT2D eigenvalue weighted by molar-refractivity contribution is -0.115. The molecule has 1 fully saturated rings. The van der Waals surface area contributed by atoms with E-state index in [1.807, 2.05) is 42.5 Å². The van der Waals surface area contributed by atoms with Crippen LogP contribution in [-0.4, -0.2) is 43.0 Å². The number of anilines is 1. The van der Waals surface area contributed by atoms with Crippen molar-refractivity contribution in [2.45, 2.75) is 6.42 Å². The largest absolute Gasteiger partial charge is 0.378 e. The van der Waals surface area contributed by atoms with Crippen LogP contribution in [0.15, 0.2) is 66.7 Å². The summed E-state index contributed by atoms with van der Waals surface area (Å²) in [7, 11) is 0. The first-order valence-electron chi connectivity index (χ1n) is 9.44. The third kappa shape index (κ3) is 4.05. The number of hydrogen-bond donors (Lipinski definition) is 1. The normalized spacial score (nSPS) is 14.1. The molecule has 28 heavy (non-hydrogen) atoms. The fourth-order valence-electron chi connectivity index (χ4n) is 3.50. The van der Waals surface area contributed by atoms with Crippen LogP contribution in [0.5, 0.6) is 0 Å². The van der Waals surface area contributed by atoms with Crippen LogP contribution in [0.2, 0.25) is 0 Å². The molecule has 0 unspecified atom stereocenters. The monoisotopic (exact) mass is 374 g/mol. The molecule has 1 saturated heterocycles. The number of nitrogens with zero attached hydrogens (tertiary/aromatic N) is 1. The Morgan fingerprint density at radius 3 is 2.54 bits per heavy atom. The Hall–Kier alpha value is -3.18. The second-order valence-corrected chi connectivity index (χ2v) is 6.85. The molecule has 0 saturated carbocycles. The number of benzene rings is 3. The molecule has 5 nitrogen and oxygen atoms in total. The summed E-state index contributed by atoms with van der Waals surface area (Å²) in [5, 5.41) is 5.12. The van der Waals surface area contributed by atoms with Gasteiger partial charge in [-0.2, -0.15) is 0 Å².